The molecule has 23 heavy (non-hydrogen) atoms. The fourth-order valence-electron chi connectivity index (χ4n) is 2.63. The van der Waals surface area contributed by atoms with E-state index in [0.29, 0.717) is 24.1 Å². The van der Waals surface area contributed by atoms with Crippen LogP contribution in [0.1, 0.15) is 42.6 Å². The smallest absolute Gasteiger partial charge is 0.307 e. The van der Waals surface area contributed by atoms with Gasteiger partial charge in [-0.05, 0) is 51.3 Å². The highest BCUT2D eigenvalue weighted by Crippen LogP contribution is 2.35. The summed E-state index contributed by atoms with van der Waals surface area (Å²) in [6.07, 6.45) is 1.11. The zero-order chi connectivity index (χ0) is 17.1. The average molecular weight is 318 g/mol. The number of benzene rings is 1. The van der Waals surface area contributed by atoms with Gasteiger partial charge >= 0.3 is 5.97 Å². The molecular formula is C17H22N2O4. The predicted octanol–water partition coefficient (Wildman–Crippen LogP) is 2.18. The molecule has 0 aromatic heterocycles. The van der Waals surface area contributed by atoms with Gasteiger partial charge in [0.25, 0.3) is 5.91 Å². The summed E-state index contributed by atoms with van der Waals surface area (Å²) in [7, 11) is 0. The molecule has 2 amide bonds. The lowest BCUT2D eigenvalue weighted by Crippen LogP contribution is -2.41. The van der Waals surface area contributed by atoms with Gasteiger partial charge in [-0.15, -0.1) is 0 Å². The van der Waals surface area contributed by atoms with Crippen LogP contribution in [0.3, 0.4) is 0 Å². The van der Waals surface area contributed by atoms with E-state index in [0.717, 1.165) is 5.56 Å². The number of carboxylic acids is 1. The molecule has 0 aliphatic heterocycles. The van der Waals surface area contributed by atoms with Gasteiger partial charge in [0, 0.05) is 17.3 Å². The van der Waals surface area contributed by atoms with Gasteiger partial charge in [-0.1, -0.05) is 6.07 Å². The minimum atomic E-state index is -0.933. The SMILES string of the molecule is Cc1ccc(NC(=O)C2CCC2C(=O)O)cc1C(=O)NC(C)C. The number of rotatable bonds is 5. The molecule has 1 aliphatic rings. The third-order valence-corrected chi connectivity index (χ3v) is 4.10. The van der Waals surface area contributed by atoms with Crippen LogP contribution in [0.5, 0.6) is 0 Å². The van der Waals surface area contributed by atoms with E-state index in [4.69, 9.17) is 5.11 Å². The van der Waals surface area contributed by atoms with Crippen molar-refractivity contribution < 1.29 is 19.5 Å². The lowest BCUT2D eigenvalue weighted by molar-refractivity contribution is -0.151. The van der Waals surface area contributed by atoms with Crippen molar-refractivity contribution in [3.8, 4) is 0 Å². The molecule has 0 saturated heterocycles. The lowest BCUT2D eigenvalue weighted by atomic mass is 9.73. The lowest BCUT2D eigenvalue weighted by Gasteiger charge is -2.31. The van der Waals surface area contributed by atoms with Gasteiger partial charge in [0.2, 0.25) is 5.91 Å². The summed E-state index contributed by atoms with van der Waals surface area (Å²) in [6, 6.07) is 5.12. The second kappa shape index (κ2) is 6.81. The highest BCUT2D eigenvalue weighted by molar-refractivity contribution is 5.99. The summed E-state index contributed by atoms with van der Waals surface area (Å²) in [5.74, 6) is -2.54. The van der Waals surface area contributed by atoms with Crippen molar-refractivity contribution in [1.29, 1.82) is 0 Å². The summed E-state index contributed by atoms with van der Waals surface area (Å²) in [5.41, 5.74) is 1.82. The third kappa shape index (κ3) is 3.88. The summed E-state index contributed by atoms with van der Waals surface area (Å²) >= 11 is 0. The third-order valence-electron chi connectivity index (χ3n) is 4.10. The van der Waals surface area contributed by atoms with E-state index in [1.165, 1.54) is 0 Å². The number of carbonyl (C=O) groups is 3. The molecule has 0 radical (unpaired) electrons. The Kier molecular flexibility index (Phi) is 5.03. The zero-order valence-corrected chi connectivity index (χ0v) is 13.6. The standard InChI is InChI=1S/C17H22N2O4/c1-9(2)18-16(21)14-8-11(5-4-10(14)3)19-15(20)12-6-7-13(12)17(22)23/h4-5,8-9,12-13H,6-7H2,1-3H3,(H,18,21)(H,19,20)(H,22,23). The Morgan fingerprint density at radius 2 is 1.83 bits per heavy atom. The molecule has 6 heteroatoms. The largest absolute Gasteiger partial charge is 0.481 e. The molecule has 1 aliphatic carbocycles. The van der Waals surface area contributed by atoms with Gasteiger partial charge in [0.05, 0.1) is 11.8 Å². The maximum Gasteiger partial charge on any atom is 0.307 e. The Bertz CT molecular complexity index is 639. The van der Waals surface area contributed by atoms with E-state index < -0.39 is 17.8 Å². The van der Waals surface area contributed by atoms with E-state index in [9.17, 15) is 14.4 Å². The molecule has 0 heterocycles. The minimum absolute atomic E-state index is 0.0199. The molecule has 124 valence electrons. The Hall–Kier alpha value is -2.37. The highest BCUT2D eigenvalue weighted by atomic mass is 16.4. The maximum atomic E-state index is 12.2. The van der Waals surface area contributed by atoms with Crippen molar-refractivity contribution in [2.45, 2.75) is 39.7 Å². The molecule has 6 nitrogen and oxygen atoms in total. The minimum Gasteiger partial charge on any atom is -0.481 e. The molecule has 0 spiro atoms. The van der Waals surface area contributed by atoms with E-state index >= 15 is 0 Å². The first-order chi connectivity index (χ1) is 10.8. The van der Waals surface area contributed by atoms with E-state index in [2.05, 4.69) is 10.6 Å². The first-order valence-electron chi connectivity index (χ1n) is 7.74. The topological polar surface area (TPSA) is 95.5 Å². The van der Waals surface area contributed by atoms with Gasteiger partial charge in [0.1, 0.15) is 0 Å². The number of carbonyl (C=O) groups excluding carboxylic acids is 2. The van der Waals surface area contributed by atoms with Crippen molar-refractivity contribution in [3.63, 3.8) is 0 Å². The molecule has 1 aromatic rings. The van der Waals surface area contributed by atoms with Crippen molar-refractivity contribution in [2.24, 2.45) is 11.8 Å². The van der Waals surface area contributed by atoms with Crippen LogP contribution in [-0.2, 0) is 9.59 Å². The molecule has 2 atom stereocenters. The van der Waals surface area contributed by atoms with Gasteiger partial charge in [-0.3, -0.25) is 14.4 Å². The zero-order valence-electron chi connectivity index (χ0n) is 13.6. The Labute approximate surface area is 135 Å². The number of nitrogens with one attached hydrogen (secondary N) is 2. The molecule has 3 N–H and O–H groups in total. The quantitative estimate of drug-likeness (QED) is 0.775. The molecular weight excluding hydrogens is 296 g/mol. The monoisotopic (exact) mass is 318 g/mol. The first-order valence-corrected chi connectivity index (χ1v) is 7.74. The van der Waals surface area contributed by atoms with Crippen molar-refractivity contribution >= 4 is 23.5 Å². The summed E-state index contributed by atoms with van der Waals surface area (Å²) < 4.78 is 0. The highest BCUT2D eigenvalue weighted by Gasteiger charge is 2.41. The number of aryl methyl sites for hydroxylation is 1. The molecule has 1 fully saturated rings. The molecule has 1 aromatic carbocycles. The fourth-order valence-corrected chi connectivity index (χ4v) is 2.63. The fraction of sp³-hybridized carbons (Fsp3) is 0.471. The Morgan fingerprint density at radius 3 is 2.35 bits per heavy atom. The summed E-state index contributed by atoms with van der Waals surface area (Å²) in [6.45, 7) is 5.58. The van der Waals surface area contributed by atoms with Crippen LogP contribution in [0, 0.1) is 18.8 Å². The van der Waals surface area contributed by atoms with E-state index in [-0.39, 0.29) is 17.9 Å². The van der Waals surface area contributed by atoms with Gasteiger partial charge in [-0.2, -0.15) is 0 Å². The molecule has 0 bridgehead atoms. The van der Waals surface area contributed by atoms with Crippen LogP contribution >= 0.6 is 0 Å². The van der Waals surface area contributed by atoms with Crippen molar-refractivity contribution in [3.05, 3.63) is 29.3 Å². The van der Waals surface area contributed by atoms with E-state index in [1.807, 2.05) is 20.8 Å². The van der Waals surface area contributed by atoms with E-state index in [1.54, 1.807) is 18.2 Å². The van der Waals surface area contributed by atoms with Crippen molar-refractivity contribution in [1.82, 2.24) is 5.32 Å². The normalized spacial score (nSPS) is 19.8. The summed E-state index contributed by atoms with van der Waals surface area (Å²) in [4.78, 5) is 35.3. The second-order valence-corrected chi connectivity index (χ2v) is 6.28. The number of anilines is 1. The summed E-state index contributed by atoms with van der Waals surface area (Å²) in [5, 5.41) is 14.6. The number of hydrogen-bond acceptors (Lipinski definition) is 3. The first kappa shape index (κ1) is 17.0. The van der Waals surface area contributed by atoms with Crippen LogP contribution in [0.4, 0.5) is 5.69 Å². The number of carboxylic acid groups (broad SMARTS) is 1. The Balaban J connectivity index is 2.10. The molecule has 1 saturated carbocycles. The van der Waals surface area contributed by atoms with Crippen LogP contribution in [0.2, 0.25) is 0 Å². The number of aliphatic carboxylic acids is 1. The van der Waals surface area contributed by atoms with Gasteiger partial charge in [0.15, 0.2) is 0 Å². The number of hydrogen-bond donors (Lipinski definition) is 3. The van der Waals surface area contributed by atoms with Crippen LogP contribution in [0.15, 0.2) is 18.2 Å². The van der Waals surface area contributed by atoms with Gasteiger partial charge < -0.3 is 15.7 Å². The Morgan fingerprint density at radius 1 is 1.17 bits per heavy atom. The van der Waals surface area contributed by atoms with Crippen molar-refractivity contribution in [2.75, 3.05) is 5.32 Å². The molecule has 2 rings (SSSR count). The maximum absolute atomic E-state index is 12.2. The average Bonchev–Trinajstić information content (AvgIpc) is 2.37. The van der Waals surface area contributed by atoms with Crippen LogP contribution < -0.4 is 10.6 Å². The van der Waals surface area contributed by atoms with Crippen LogP contribution in [0.25, 0.3) is 0 Å². The predicted molar refractivity (Wildman–Crippen MR) is 86.3 cm³/mol. The van der Waals surface area contributed by atoms with Gasteiger partial charge in [-0.25, -0.2) is 0 Å². The number of amides is 2. The molecule has 2 unspecified atom stereocenters. The van der Waals surface area contributed by atoms with Crippen LogP contribution in [-0.4, -0.2) is 28.9 Å². The second-order valence-electron chi connectivity index (χ2n) is 6.28.